The molecule has 28 heavy (non-hydrogen) atoms. The van der Waals surface area contributed by atoms with Crippen LogP contribution in [0.4, 0.5) is 0 Å². The molecule has 2 aliphatic heterocycles. The molecule has 2 N–H and O–H groups in total. The predicted molar refractivity (Wildman–Crippen MR) is 106 cm³/mol. The van der Waals surface area contributed by atoms with Gasteiger partial charge in [0.25, 0.3) is 0 Å². The second-order valence-corrected chi connectivity index (χ2v) is 8.44. The zero-order chi connectivity index (χ0) is 20.2. The quantitative estimate of drug-likeness (QED) is 0.757. The summed E-state index contributed by atoms with van der Waals surface area (Å²) < 4.78 is 0. The second-order valence-electron chi connectivity index (χ2n) is 7.60. The number of likely N-dealkylation sites (N-methyl/N-ethyl adjacent to an activating group) is 1. The topological polar surface area (TPSA) is 101 Å². The summed E-state index contributed by atoms with van der Waals surface area (Å²) in [7, 11) is 2.05. The number of nitrogens with zero attached hydrogens (tertiary/aromatic N) is 4. The van der Waals surface area contributed by atoms with E-state index < -0.39 is 11.3 Å². The Balaban J connectivity index is 2.07. The Bertz CT molecular complexity index is 1040. The summed E-state index contributed by atoms with van der Waals surface area (Å²) in [5, 5.41) is 31.0. The summed E-state index contributed by atoms with van der Waals surface area (Å²) in [6, 6.07) is 11.9. The molecule has 1 aliphatic carbocycles. The highest BCUT2D eigenvalue weighted by Crippen LogP contribution is 2.59. The van der Waals surface area contributed by atoms with Crippen LogP contribution in [0.25, 0.3) is 0 Å². The van der Waals surface area contributed by atoms with Gasteiger partial charge < -0.3 is 5.73 Å². The normalized spacial score (nSPS) is 30.6. The zero-order valence-corrected chi connectivity index (χ0v) is 16.7. The van der Waals surface area contributed by atoms with Crippen molar-refractivity contribution in [1.82, 2.24) is 4.90 Å². The van der Waals surface area contributed by atoms with Crippen LogP contribution in [-0.2, 0) is 0 Å². The van der Waals surface area contributed by atoms with Crippen LogP contribution in [0, 0.1) is 45.3 Å². The molecule has 0 radical (unpaired) electrons. The average Bonchev–Trinajstić information content (AvgIpc) is 2.91. The second kappa shape index (κ2) is 6.54. The number of benzene rings is 1. The number of hydrogen-bond donors (Lipinski definition) is 1. The number of halogens is 2. The first-order valence-corrected chi connectivity index (χ1v) is 9.77. The van der Waals surface area contributed by atoms with Crippen molar-refractivity contribution in [2.45, 2.75) is 30.8 Å². The van der Waals surface area contributed by atoms with Crippen LogP contribution < -0.4 is 5.73 Å². The van der Waals surface area contributed by atoms with Gasteiger partial charge in [0.1, 0.15) is 6.07 Å². The van der Waals surface area contributed by atoms with E-state index >= 15 is 0 Å². The lowest BCUT2D eigenvalue weighted by Gasteiger charge is -2.48. The Morgan fingerprint density at radius 3 is 2.50 bits per heavy atom. The van der Waals surface area contributed by atoms with E-state index in [0.717, 1.165) is 18.4 Å². The third kappa shape index (κ3) is 2.33. The van der Waals surface area contributed by atoms with Crippen molar-refractivity contribution in [3.05, 3.63) is 56.7 Å². The smallest absolute Gasteiger partial charge is 0.191 e. The minimum Gasteiger partial charge on any atom is -0.399 e. The van der Waals surface area contributed by atoms with Gasteiger partial charge in [0, 0.05) is 34.0 Å². The molecule has 0 aromatic heterocycles. The van der Waals surface area contributed by atoms with E-state index in [1.165, 1.54) is 0 Å². The minimum absolute atomic E-state index is 0.0162. The lowest BCUT2D eigenvalue weighted by molar-refractivity contribution is 0.160. The monoisotopic (exact) mass is 409 g/mol. The molecule has 1 aromatic rings. The van der Waals surface area contributed by atoms with Crippen LogP contribution >= 0.6 is 23.2 Å². The number of hydrogen-bond acceptors (Lipinski definition) is 5. The fourth-order valence-corrected chi connectivity index (χ4v) is 5.71. The van der Waals surface area contributed by atoms with Crippen LogP contribution in [0.1, 0.15) is 24.3 Å². The van der Waals surface area contributed by atoms with Gasteiger partial charge >= 0.3 is 0 Å². The molecule has 1 fully saturated rings. The van der Waals surface area contributed by atoms with E-state index in [4.69, 9.17) is 28.9 Å². The van der Waals surface area contributed by atoms with Gasteiger partial charge in [-0.1, -0.05) is 35.3 Å². The maximum absolute atomic E-state index is 10.1. The van der Waals surface area contributed by atoms with Gasteiger partial charge in [-0.3, -0.25) is 4.90 Å². The van der Waals surface area contributed by atoms with Crippen molar-refractivity contribution in [3.63, 3.8) is 0 Å². The summed E-state index contributed by atoms with van der Waals surface area (Å²) in [5.74, 6) is -0.828. The first kappa shape index (κ1) is 18.9. The maximum atomic E-state index is 10.1. The molecule has 5 nitrogen and oxygen atoms in total. The van der Waals surface area contributed by atoms with Crippen molar-refractivity contribution < 1.29 is 0 Å². The molecule has 140 valence electrons. The number of rotatable bonds is 1. The average molecular weight is 410 g/mol. The van der Waals surface area contributed by atoms with Crippen molar-refractivity contribution in [2.24, 2.45) is 17.1 Å². The molecule has 2 heterocycles. The van der Waals surface area contributed by atoms with Crippen LogP contribution in [-0.4, -0.2) is 24.0 Å². The molecule has 0 saturated carbocycles. The van der Waals surface area contributed by atoms with Crippen molar-refractivity contribution in [2.75, 3.05) is 7.05 Å². The maximum Gasteiger partial charge on any atom is 0.191 e. The fraction of sp³-hybridized carbons (Fsp3) is 0.381. The molecule has 4 rings (SSSR count). The summed E-state index contributed by atoms with van der Waals surface area (Å²) >= 11 is 12.6. The molecule has 3 aliphatic rings. The van der Waals surface area contributed by atoms with E-state index in [1.807, 2.05) is 7.05 Å². The largest absolute Gasteiger partial charge is 0.399 e. The van der Waals surface area contributed by atoms with Gasteiger partial charge in [-0.2, -0.15) is 15.8 Å². The molecular weight excluding hydrogens is 393 g/mol. The number of nitriles is 3. The minimum atomic E-state index is -1.68. The van der Waals surface area contributed by atoms with Crippen LogP contribution in [0.2, 0.25) is 10.0 Å². The number of allylic oxidation sites excluding steroid dienone is 2. The van der Waals surface area contributed by atoms with Crippen LogP contribution in [0.3, 0.4) is 0 Å². The van der Waals surface area contributed by atoms with Gasteiger partial charge in [0.2, 0.25) is 0 Å². The van der Waals surface area contributed by atoms with E-state index in [2.05, 4.69) is 29.2 Å². The first-order valence-electron chi connectivity index (χ1n) is 9.01. The van der Waals surface area contributed by atoms with Crippen molar-refractivity contribution in [3.8, 4) is 18.2 Å². The highest BCUT2D eigenvalue weighted by atomic mass is 35.5. The van der Waals surface area contributed by atoms with Gasteiger partial charge in [-0.25, -0.2) is 0 Å². The summed E-state index contributed by atoms with van der Waals surface area (Å²) in [6.45, 7) is 0. The number of fused-ring (bicyclic) bond motifs is 4. The van der Waals surface area contributed by atoms with E-state index in [1.54, 1.807) is 18.2 Å². The standard InChI is InChI=1S/C21H17Cl2N5/c1-28-12-3-5-17(28)18-14(7-12)15(8-24)20(27)21(9-25,10-26)19(18)13-4-2-11(22)6-16(13)23/h2,4,6-7,12,17-19H,3,5,27H2,1H3/t12-,17+,18-,19+/m0/s1. The number of nitrogens with two attached hydrogens (primary N) is 1. The van der Waals surface area contributed by atoms with Gasteiger partial charge in [0.15, 0.2) is 5.41 Å². The molecule has 7 heteroatoms. The molecule has 1 aromatic carbocycles. The molecule has 0 unspecified atom stereocenters. The van der Waals surface area contributed by atoms with E-state index in [0.29, 0.717) is 15.6 Å². The lowest BCUT2D eigenvalue weighted by atomic mass is 9.56. The SMILES string of the molecule is CN1[C@@H]2C=C3C(C#N)=C(N)C(C#N)(C#N)[C@H](c4ccc(Cl)cc4Cl)[C@@H]3[C@H]1CC2. The van der Waals surface area contributed by atoms with Crippen molar-refractivity contribution in [1.29, 1.82) is 15.8 Å². The fourth-order valence-electron chi connectivity index (χ4n) is 5.19. The third-order valence-electron chi connectivity index (χ3n) is 6.52. The Morgan fingerprint density at radius 1 is 1.18 bits per heavy atom. The Hall–Kier alpha value is -2.49. The highest BCUT2D eigenvalue weighted by molar-refractivity contribution is 6.35. The Labute approximate surface area is 173 Å². The summed E-state index contributed by atoms with van der Waals surface area (Å²) in [5.41, 5.74) is 6.43. The predicted octanol–water partition coefficient (Wildman–Crippen LogP) is 3.88. The highest BCUT2D eigenvalue weighted by Gasteiger charge is 2.58. The zero-order valence-electron chi connectivity index (χ0n) is 15.2. The Morgan fingerprint density at radius 2 is 1.89 bits per heavy atom. The summed E-state index contributed by atoms with van der Waals surface area (Å²) in [6.07, 6.45) is 3.96. The van der Waals surface area contributed by atoms with Crippen LogP contribution in [0.5, 0.6) is 0 Å². The molecule has 4 atom stereocenters. The van der Waals surface area contributed by atoms with Gasteiger partial charge in [-0.05, 0) is 43.2 Å². The van der Waals surface area contributed by atoms with Gasteiger partial charge in [-0.15, -0.1) is 0 Å². The van der Waals surface area contributed by atoms with Gasteiger partial charge in [0.05, 0.1) is 23.4 Å². The van der Waals surface area contributed by atoms with E-state index in [-0.39, 0.29) is 29.3 Å². The lowest BCUT2D eigenvalue weighted by Crippen LogP contribution is -2.51. The van der Waals surface area contributed by atoms with E-state index in [9.17, 15) is 15.8 Å². The molecule has 0 amide bonds. The Kier molecular flexibility index (Phi) is 4.40. The third-order valence-corrected chi connectivity index (χ3v) is 7.08. The molecular formula is C21H17Cl2N5. The first-order chi connectivity index (χ1) is 13.4. The molecule has 2 bridgehead atoms. The van der Waals surface area contributed by atoms with Crippen molar-refractivity contribution >= 4 is 23.2 Å². The summed E-state index contributed by atoms with van der Waals surface area (Å²) in [4.78, 5) is 2.26. The molecule has 1 saturated heterocycles. The van der Waals surface area contributed by atoms with Crippen LogP contribution in [0.15, 0.2) is 41.1 Å². The molecule has 0 spiro atoms.